The lowest BCUT2D eigenvalue weighted by Gasteiger charge is -1.95. The third-order valence-corrected chi connectivity index (χ3v) is 2.45. The fourth-order valence-electron chi connectivity index (χ4n) is 0.882. The zero-order valence-electron chi connectivity index (χ0n) is 7.22. The summed E-state index contributed by atoms with van der Waals surface area (Å²) in [6.45, 7) is 2.24. The van der Waals surface area contributed by atoms with Crippen LogP contribution in [0.1, 0.15) is 6.92 Å². The SMILES string of the molecule is CCNc1sc([N+](=O)[O-])cc1[N+](=O)[O-]. The molecule has 1 heterocycles. The molecular formula is C6H7N3O4S. The minimum absolute atomic E-state index is 0.226. The topological polar surface area (TPSA) is 98.3 Å². The van der Waals surface area contributed by atoms with Gasteiger partial charge in [0.1, 0.15) is 6.07 Å². The first-order chi connectivity index (χ1) is 6.56. The van der Waals surface area contributed by atoms with Crippen LogP contribution in [0.5, 0.6) is 0 Å². The van der Waals surface area contributed by atoms with E-state index >= 15 is 0 Å². The molecule has 1 N–H and O–H groups in total. The fourth-order valence-corrected chi connectivity index (χ4v) is 1.79. The molecule has 0 atom stereocenters. The number of anilines is 1. The summed E-state index contributed by atoms with van der Waals surface area (Å²) in [6, 6.07) is 0.961. The van der Waals surface area contributed by atoms with Crippen molar-refractivity contribution in [2.45, 2.75) is 6.92 Å². The first-order valence-electron chi connectivity index (χ1n) is 3.72. The molecule has 8 heteroatoms. The van der Waals surface area contributed by atoms with Crippen molar-refractivity contribution in [3.8, 4) is 0 Å². The Kier molecular flexibility index (Phi) is 2.97. The van der Waals surface area contributed by atoms with E-state index in [2.05, 4.69) is 5.32 Å². The van der Waals surface area contributed by atoms with Gasteiger partial charge in [-0.15, -0.1) is 0 Å². The van der Waals surface area contributed by atoms with Crippen LogP contribution in [0.3, 0.4) is 0 Å². The van der Waals surface area contributed by atoms with Gasteiger partial charge >= 0.3 is 10.7 Å². The van der Waals surface area contributed by atoms with E-state index in [0.29, 0.717) is 6.54 Å². The molecular weight excluding hydrogens is 210 g/mol. The molecule has 1 aromatic heterocycles. The molecule has 0 fully saturated rings. The Balaban J connectivity index is 3.12. The predicted molar refractivity (Wildman–Crippen MR) is 51.8 cm³/mol. The van der Waals surface area contributed by atoms with Gasteiger partial charge in [0.15, 0.2) is 5.00 Å². The van der Waals surface area contributed by atoms with Crippen LogP contribution in [0, 0.1) is 20.2 Å². The first kappa shape index (κ1) is 10.4. The van der Waals surface area contributed by atoms with Crippen LogP contribution in [0.25, 0.3) is 0 Å². The molecule has 0 amide bonds. The van der Waals surface area contributed by atoms with Crippen LogP contribution in [-0.4, -0.2) is 16.4 Å². The number of thiophene rings is 1. The summed E-state index contributed by atoms with van der Waals surface area (Å²) < 4.78 is 0. The Labute approximate surface area is 82.7 Å². The van der Waals surface area contributed by atoms with Gasteiger partial charge in [0, 0.05) is 6.54 Å². The van der Waals surface area contributed by atoms with Gasteiger partial charge in [0.25, 0.3) is 0 Å². The lowest BCUT2D eigenvalue weighted by molar-refractivity contribution is -0.389. The molecule has 0 aliphatic heterocycles. The van der Waals surface area contributed by atoms with E-state index in [-0.39, 0.29) is 15.7 Å². The molecule has 0 radical (unpaired) electrons. The number of hydrogen-bond donors (Lipinski definition) is 1. The summed E-state index contributed by atoms with van der Waals surface area (Å²) in [5.74, 6) is 0. The lowest BCUT2D eigenvalue weighted by atomic mass is 10.5. The second-order valence-corrected chi connectivity index (χ2v) is 3.37. The molecule has 0 saturated carbocycles. The van der Waals surface area contributed by atoms with Crippen LogP contribution in [0.15, 0.2) is 6.07 Å². The Morgan fingerprint density at radius 2 is 2.07 bits per heavy atom. The third-order valence-electron chi connectivity index (χ3n) is 1.41. The molecule has 0 spiro atoms. The first-order valence-corrected chi connectivity index (χ1v) is 4.54. The number of rotatable bonds is 4. The Bertz CT molecular complexity index is 375. The van der Waals surface area contributed by atoms with E-state index in [9.17, 15) is 20.2 Å². The van der Waals surface area contributed by atoms with Gasteiger partial charge in [-0.25, -0.2) is 0 Å². The molecule has 0 aliphatic carbocycles. The van der Waals surface area contributed by atoms with Crippen molar-refractivity contribution < 1.29 is 9.85 Å². The van der Waals surface area contributed by atoms with Crippen LogP contribution < -0.4 is 5.32 Å². The van der Waals surface area contributed by atoms with Crippen molar-refractivity contribution in [2.24, 2.45) is 0 Å². The summed E-state index contributed by atoms with van der Waals surface area (Å²) >= 11 is 0.769. The van der Waals surface area contributed by atoms with Gasteiger partial charge in [-0.05, 0) is 18.3 Å². The highest BCUT2D eigenvalue weighted by Crippen LogP contribution is 2.38. The highest BCUT2D eigenvalue weighted by Gasteiger charge is 2.24. The van der Waals surface area contributed by atoms with Crippen molar-refractivity contribution in [1.29, 1.82) is 0 Å². The van der Waals surface area contributed by atoms with Crippen LogP contribution in [-0.2, 0) is 0 Å². The van der Waals surface area contributed by atoms with E-state index in [0.717, 1.165) is 17.4 Å². The molecule has 7 nitrogen and oxygen atoms in total. The summed E-state index contributed by atoms with van der Waals surface area (Å²) in [5.41, 5.74) is -0.247. The van der Waals surface area contributed by atoms with Crippen molar-refractivity contribution >= 4 is 27.0 Å². The Morgan fingerprint density at radius 1 is 1.43 bits per heavy atom. The molecule has 0 saturated heterocycles. The van der Waals surface area contributed by atoms with Crippen molar-refractivity contribution in [3.05, 3.63) is 26.3 Å². The Morgan fingerprint density at radius 3 is 2.50 bits per heavy atom. The van der Waals surface area contributed by atoms with E-state index in [1.807, 2.05) is 0 Å². The second kappa shape index (κ2) is 4.01. The van der Waals surface area contributed by atoms with Crippen molar-refractivity contribution in [1.82, 2.24) is 0 Å². The fraction of sp³-hybridized carbons (Fsp3) is 0.333. The predicted octanol–water partition coefficient (Wildman–Crippen LogP) is 2.00. The van der Waals surface area contributed by atoms with E-state index in [1.54, 1.807) is 6.92 Å². The summed E-state index contributed by atoms with van der Waals surface area (Å²) in [7, 11) is 0. The van der Waals surface area contributed by atoms with Gasteiger partial charge in [0.05, 0.1) is 9.85 Å². The highest BCUT2D eigenvalue weighted by molar-refractivity contribution is 7.19. The van der Waals surface area contributed by atoms with E-state index in [1.165, 1.54) is 0 Å². The molecule has 1 rings (SSSR count). The summed E-state index contributed by atoms with van der Waals surface area (Å²) in [4.78, 5) is 19.6. The monoisotopic (exact) mass is 217 g/mol. The molecule has 0 bridgehead atoms. The number of nitro groups is 2. The van der Waals surface area contributed by atoms with E-state index in [4.69, 9.17) is 0 Å². The molecule has 1 aromatic rings. The maximum atomic E-state index is 10.5. The maximum Gasteiger partial charge on any atom is 0.333 e. The van der Waals surface area contributed by atoms with Gasteiger partial charge in [0.2, 0.25) is 0 Å². The van der Waals surface area contributed by atoms with Gasteiger partial charge in [-0.2, -0.15) is 0 Å². The van der Waals surface area contributed by atoms with Gasteiger partial charge in [-0.3, -0.25) is 20.2 Å². The largest absolute Gasteiger partial charge is 0.371 e. The zero-order chi connectivity index (χ0) is 10.7. The number of nitrogens with one attached hydrogen (secondary N) is 1. The minimum Gasteiger partial charge on any atom is -0.371 e. The van der Waals surface area contributed by atoms with Crippen LogP contribution in [0.4, 0.5) is 15.7 Å². The average Bonchev–Trinajstić information content (AvgIpc) is 2.49. The number of nitrogens with zero attached hydrogens (tertiary/aromatic N) is 2. The smallest absolute Gasteiger partial charge is 0.333 e. The van der Waals surface area contributed by atoms with E-state index < -0.39 is 9.85 Å². The third kappa shape index (κ3) is 1.96. The number of hydrogen-bond acceptors (Lipinski definition) is 6. The minimum atomic E-state index is -0.640. The van der Waals surface area contributed by atoms with Gasteiger partial charge in [-0.1, -0.05) is 0 Å². The molecule has 76 valence electrons. The second-order valence-electron chi connectivity index (χ2n) is 2.34. The quantitative estimate of drug-likeness (QED) is 0.614. The normalized spacial score (nSPS) is 9.79. The van der Waals surface area contributed by atoms with Crippen LogP contribution in [0.2, 0.25) is 0 Å². The van der Waals surface area contributed by atoms with Crippen molar-refractivity contribution in [2.75, 3.05) is 11.9 Å². The average molecular weight is 217 g/mol. The van der Waals surface area contributed by atoms with Crippen molar-refractivity contribution in [3.63, 3.8) is 0 Å². The zero-order valence-corrected chi connectivity index (χ0v) is 8.04. The molecule has 0 unspecified atom stereocenters. The van der Waals surface area contributed by atoms with Crippen LogP contribution >= 0.6 is 11.3 Å². The lowest BCUT2D eigenvalue weighted by Crippen LogP contribution is -1.97. The molecule has 0 aliphatic rings. The summed E-state index contributed by atoms with van der Waals surface area (Å²) in [5, 5.41) is 23.5. The van der Waals surface area contributed by atoms with Gasteiger partial charge < -0.3 is 5.32 Å². The standard InChI is InChI=1S/C6H7N3O4S/c1-2-7-6-4(8(10)11)3-5(14-6)9(12)13/h3,7H,2H2,1H3. The maximum absolute atomic E-state index is 10.5. The summed E-state index contributed by atoms with van der Waals surface area (Å²) in [6.07, 6.45) is 0. The Hall–Kier alpha value is -1.70. The molecule has 14 heavy (non-hydrogen) atoms. The molecule has 0 aromatic carbocycles. The highest BCUT2D eigenvalue weighted by atomic mass is 32.1.